The molecule has 1 heterocycles. The summed E-state index contributed by atoms with van der Waals surface area (Å²) in [5, 5.41) is 0. The molecular formula is C9H18NY3-. The van der Waals surface area contributed by atoms with E-state index in [2.05, 4.69) is 32.1 Å². The molecule has 0 amide bonds. The predicted molar refractivity (Wildman–Crippen MR) is 44.9 cm³/mol. The zero-order valence-electron chi connectivity index (χ0n) is 9.09. The molecule has 0 saturated carbocycles. The van der Waals surface area contributed by atoms with Crippen molar-refractivity contribution in [2.75, 3.05) is 13.1 Å². The Morgan fingerprint density at radius 3 is 1.54 bits per heavy atom. The van der Waals surface area contributed by atoms with Crippen molar-refractivity contribution >= 4 is 0 Å². The summed E-state index contributed by atoms with van der Waals surface area (Å²) in [6.45, 7) is 9.38. The minimum Gasteiger partial charge on any atom is -0.326 e. The summed E-state index contributed by atoms with van der Waals surface area (Å²) in [5.41, 5.74) is 0.383. The van der Waals surface area contributed by atoms with Gasteiger partial charge in [-0.3, -0.25) is 0 Å². The van der Waals surface area contributed by atoms with Crippen LogP contribution < -0.4 is 0 Å². The van der Waals surface area contributed by atoms with Crippen LogP contribution in [-0.4, -0.2) is 23.5 Å². The standard InChI is InChI=1S/C9H18N.3Y/c1-9(2,3)10-7-5-4-6-8-10;;;/h4H,5-8H2,1-3H3;;;/q-1;;;. The third-order valence-electron chi connectivity index (χ3n) is 2.15. The summed E-state index contributed by atoms with van der Waals surface area (Å²) in [7, 11) is 0. The Hall–Kier alpha value is 3.27. The number of nitrogens with zero attached hydrogens (tertiary/aromatic N) is 1. The molecule has 0 aromatic carbocycles. The molecule has 1 aliphatic rings. The van der Waals surface area contributed by atoms with Gasteiger partial charge >= 0.3 is 0 Å². The molecule has 3 radical (unpaired) electrons. The van der Waals surface area contributed by atoms with Crippen LogP contribution >= 0.6 is 0 Å². The molecule has 1 aliphatic heterocycles. The van der Waals surface area contributed by atoms with Crippen molar-refractivity contribution in [1.82, 2.24) is 4.90 Å². The Bertz CT molecular complexity index is 106. The second-order valence-corrected chi connectivity index (χ2v) is 4.02. The van der Waals surface area contributed by atoms with Crippen molar-refractivity contribution < 1.29 is 98.1 Å². The fourth-order valence-electron chi connectivity index (χ4n) is 1.42. The second kappa shape index (κ2) is 10.4. The molecule has 1 rings (SSSR count). The van der Waals surface area contributed by atoms with Gasteiger partial charge in [0, 0.05) is 104 Å². The van der Waals surface area contributed by atoms with Crippen LogP contribution in [0.4, 0.5) is 0 Å². The number of rotatable bonds is 0. The maximum absolute atomic E-state index is 2.55. The van der Waals surface area contributed by atoms with Crippen LogP contribution in [0.15, 0.2) is 0 Å². The first-order chi connectivity index (χ1) is 4.61. The zero-order valence-corrected chi connectivity index (χ0v) is 17.6. The van der Waals surface area contributed by atoms with E-state index in [9.17, 15) is 0 Å². The van der Waals surface area contributed by atoms with Crippen LogP contribution in [0, 0.1) is 6.42 Å². The van der Waals surface area contributed by atoms with E-state index in [1.165, 1.54) is 25.9 Å². The topological polar surface area (TPSA) is 3.24 Å². The molecule has 1 saturated heterocycles. The summed E-state index contributed by atoms with van der Waals surface area (Å²) < 4.78 is 0. The predicted octanol–water partition coefficient (Wildman–Crippen LogP) is 2.08. The molecule has 0 N–H and O–H groups in total. The Morgan fingerprint density at radius 2 is 1.31 bits per heavy atom. The van der Waals surface area contributed by atoms with Gasteiger partial charge in [-0.15, -0.1) is 0 Å². The van der Waals surface area contributed by atoms with Gasteiger partial charge in [0.25, 0.3) is 0 Å². The van der Waals surface area contributed by atoms with Crippen molar-refractivity contribution in [3.63, 3.8) is 0 Å². The maximum atomic E-state index is 2.55. The molecule has 0 spiro atoms. The molecule has 69 valence electrons. The average molecular weight is 407 g/mol. The van der Waals surface area contributed by atoms with Crippen molar-refractivity contribution in [2.45, 2.75) is 39.2 Å². The van der Waals surface area contributed by atoms with E-state index in [1.807, 2.05) is 0 Å². The fraction of sp³-hybridized carbons (Fsp3) is 0.889. The number of likely N-dealkylation sites (tertiary alicyclic amines) is 1. The van der Waals surface area contributed by atoms with Gasteiger partial charge in [-0.05, 0) is 33.9 Å². The molecule has 0 aliphatic carbocycles. The van der Waals surface area contributed by atoms with Crippen LogP contribution in [0.1, 0.15) is 33.6 Å². The molecule has 0 aromatic heterocycles. The van der Waals surface area contributed by atoms with Crippen LogP contribution in [0.25, 0.3) is 0 Å². The quantitative estimate of drug-likeness (QED) is 0.557. The normalized spacial score (nSPS) is 17.8. The molecule has 1 nitrogen and oxygen atoms in total. The van der Waals surface area contributed by atoms with Crippen molar-refractivity contribution in [2.24, 2.45) is 0 Å². The summed E-state index contributed by atoms with van der Waals surface area (Å²) in [4.78, 5) is 2.55. The van der Waals surface area contributed by atoms with Gasteiger partial charge in [0.15, 0.2) is 0 Å². The van der Waals surface area contributed by atoms with Gasteiger partial charge in [0.1, 0.15) is 0 Å². The molecular weight excluding hydrogens is 389 g/mol. The van der Waals surface area contributed by atoms with Gasteiger partial charge in [0.2, 0.25) is 0 Å². The van der Waals surface area contributed by atoms with Gasteiger partial charge < -0.3 is 11.3 Å². The van der Waals surface area contributed by atoms with E-state index >= 15 is 0 Å². The van der Waals surface area contributed by atoms with Crippen molar-refractivity contribution in [3.8, 4) is 0 Å². The average Bonchev–Trinajstić information content (AvgIpc) is 1.88. The third-order valence-corrected chi connectivity index (χ3v) is 2.15. The minimum atomic E-state index is 0. The van der Waals surface area contributed by atoms with Gasteiger partial charge in [0.05, 0.1) is 0 Å². The molecule has 13 heavy (non-hydrogen) atoms. The summed E-state index contributed by atoms with van der Waals surface area (Å²) in [5.74, 6) is 0. The molecule has 0 atom stereocenters. The van der Waals surface area contributed by atoms with Gasteiger partial charge in [-0.1, -0.05) is 0 Å². The summed E-state index contributed by atoms with van der Waals surface area (Å²) in [6.07, 6.45) is 4.94. The number of piperidine rings is 1. The van der Waals surface area contributed by atoms with Crippen LogP contribution in [0.3, 0.4) is 0 Å². The Morgan fingerprint density at radius 1 is 0.923 bits per heavy atom. The number of hydrogen-bond acceptors (Lipinski definition) is 1. The van der Waals surface area contributed by atoms with E-state index in [4.69, 9.17) is 0 Å². The number of hydrogen-bond donors (Lipinski definition) is 0. The molecule has 0 bridgehead atoms. The van der Waals surface area contributed by atoms with Crippen molar-refractivity contribution in [3.05, 3.63) is 6.42 Å². The van der Waals surface area contributed by atoms with Crippen molar-refractivity contribution in [1.29, 1.82) is 0 Å². The minimum absolute atomic E-state index is 0. The van der Waals surface area contributed by atoms with Gasteiger partial charge in [-0.25, -0.2) is 0 Å². The zero-order chi connectivity index (χ0) is 7.61. The molecule has 0 aromatic rings. The second-order valence-electron chi connectivity index (χ2n) is 4.02. The van der Waals surface area contributed by atoms with E-state index in [1.54, 1.807) is 0 Å². The van der Waals surface area contributed by atoms with E-state index < -0.39 is 0 Å². The first-order valence-electron chi connectivity index (χ1n) is 4.17. The fourth-order valence-corrected chi connectivity index (χ4v) is 1.42. The molecule has 1 fully saturated rings. The smallest absolute Gasteiger partial charge is 0.0122 e. The van der Waals surface area contributed by atoms with E-state index in [0.29, 0.717) is 5.54 Å². The third kappa shape index (κ3) is 9.02. The Labute approximate surface area is 159 Å². The first-order valence-corrected chi connectivity index (χ1v) is 4.17. The van der Waals surface area contributed by atoms with Crippen LogP contribution in [0.5, 0.6) is 0 Å². The monoisotopic (exact) mass is 407 g/mol. The first kappa shape index (κ1) is 21.5. The SMILES string of the molecule is CC(C)(C)N1CC[CH-]CC1.[Y].[Y].[Y]. The Kier molecular flexibility index (Phi) is 17.3. The summed E-state index contributed by atoms with van der Waals surface area (Å²) >= 11 is 0. The van der Waals surface area contributed by atoms with Crippen LogP contribution in [0.2, 0.25) is 0 Å². The maximum Gasteiger partial charge on any atom is 0.0122 e. The molecule has 0 unspecified atom stereocenters. The van der Waals surface area contributed by atoms with E-state index in [-0.39, 0.29) is 98.1 Å². The largest absolute Gasteiger partial charge is 0.326 e. The van der Waals surface area contributed by atoms with Crippen LogP contribution in [-0.2, 0) is 98.1 Å². The molecule has 4 heteroatoms. The summed E-state index contributed by atoms with van der Waals surface area (Å²) in [6, 6.07) is 0. The Balaban J connectivity index is -0.000000333. The van der Waals surface area contributed by atoms with E-state index in [0.717, 1.165) is 0 Å². The van der Waals surface area contributed by atoms with Gasteiger partial charge in [-0.2, -0.15) is 12.8 Å².